The fourth-order valence-corrected chi connectivity index (χ4v) is 4.77. The van der Waals surface area contributed by atoms with Crippen LogP contribution in [0.2, 0.25) is 0 Å². The van der Waals surface area contributed by atoms with Crippen LogP contribution in [-0.2, 0) is 4.79 Å². The molecule has 0 atom stereocenters. The number of primary amides is 1. The molecule has 1 amide bonds. The predicted octanol–water partition coefficient (Wildman–Crippen LogP) is 16.1. The van der Waals surface area contributed by atoms with Crippen molar-refractivity contribution in [3.63, 3.8) is 0 Å². The molecule has 9 N–H and O–H groups in total. The molecule has 12 heteroatoms. The summed E-state index contributed by atoms with van der Waals surface area (Å²) in [7, 11) is 0. The van der Waals surface area contributed by atoms with Crippen LogP contribution in [0.4, 0.5) is 5.69 Å². The lowest BCUT2D eigenvalue weighted by Gasteiger charge is -2.02. The zero-order valence-corrected chi connectivity index (χ0v) is 43.6. The number of benzene rings is 6. The molecular weight excluding hydrogens is 887 g/mol. The Hall–Kier alpha value is -7.83. The average Bonchev–Trinajstić information content (AvgIpc) is 3.44. The SMILES string of the molecule is C.C.CC.CC.CC.CC.CC.CC.CC.N.NC(=O)c1ccccc1N.O=CO.O=Cc1ccccc1.O=c1[nH]c(-c2ccccc2)nc2ccccc12.c1ccc(-c2ncc3ccccc3n2)cc1. The van der Waals surface area contributed by atoms with Crippen molar-refractivity contribution in [2.75, 3.05) is 5.73 Å². The molecule has 2 heterocycles. The molecule has 0 radical (unpaired) electrons. The third-order valence-electron chi connectivity index (χ3n) is 7.34. The van der Waals surface area contributed by atoms with Crippen LogP contribution < -0.4 is 23.2 Å². The highest BCUT2D eigenvalue weighted by Crippen LogP contribution is 2.18. The Bertz CT molecular complexity index is 2470. The summed E-state index contributed by atoms with van der Waals surface area (Å²) in [5.74, 6) is 0.895. The van der Waals surface area contributed by atoms with Crippen molar-refractivity contribution in [2.24, 2.45) is 5.73 Å². The van der Waals surface area contributed by atoms with Crippen LogP contribution in [0.25, 0.3) is 44.6 Å². The Morgan fingerprint density at radius 2 is 0.930 bits per heavy atom. The van der Waals surface area contributed by atoms with Gasteiger partial charge in [-0.05, 0) is 30.3 Å². The van der Waals surface area contributed by atoms with Gasteiger partial charge in [-0.3, -0.25) is 19.2 Å². The Balaban J connectivity index is -0.000000141. The molecule has 0 aliphatic carbocycles. The van der Waals surface area contributed by atoms with E-state index in [-0.39, 0.29) is 33.0 Å². The molecule has 0 bridgehead atoms. The number of aromatic amines is 1. The Morgan fingerprint density at radius 1 is 0.535 bits per heavy atom. The van der Waals surface area contributed by atoms with Gasteiger partial charge in [-0.2, -0.15) is 0 Å². The molecule has 390 valence electrons. The number of H-pyrrole nitrogens is 1. The predicted molar refractivity (Wildman–Crippen MR) is 311 cm³/mol. The van der Waals surface area contributed by atoms with Gasteiger partial charge in [0, 0.05) is 34.0 Å². The highest BCUT2D eigenvalue weighted by Gasteiger charge is 2.05. The van der Waals surface area contributed by atoms with E-state index in [4.69, 9.17) is 21.4 Å². The van der Waals surface area contributed by atoms with E-state index in [1.807, 2.05) is 224 Å². The molecule has 0 fully saturated rings. The van der Waals surface area contributed by atoms with Crippen molar-refractivity contribution < 1.29 is 19.5 Å². The third kappa shape index (κ3) is 31.8. The summed E-state index contributed by atoms with van der Waals surface area (Å²) in [5.41, 5.74) is 15.5. The van der Waals surface area contributed by atoms with E-state index in [0.29, 0.717) is 22.5 Å². The number of nitrogens with zero attached hydrogens (tertiary/aromatic N) is 3. The van der Waals surface area contributed by atoms with Gasteiger partial charge in [-0.25, -0.2) is 15.0 Å². The topological polar surface area (TPSA) is 230 Å². The van der Waals surface area contributed by atoms with E-state index in [2.05, 4.69) is 19.9 Å². The van der Waals surface area contributed by atoms with Crippen molar-refractivity contribution >= 4 is 46.2 Å². The number of carboxylic acid groups (broad SMARTS) is 1. The monoisotopic (exact) mass is 976 g/mol. The molecule has 0 aliphatic heterocycles. The van der Waals surface area contributed by atoms with E-state index < -0.39 is 5.91 Å². The number of aldehydes is 1. The summed E-state index contributed by atoms with van der Waals surface area (Å²) in [4.78, 5) is 57.0. The number of nitrogens with two attached hydrogens (primary N) is 2. The second-order valence-corrected chi connectivity index (χ2v) is 11.0. The van der Waals surface area contributed by atoms with Gasteiger partial charge in [0.25, 0.3) is 17.9 Å². The minimum absolute atomic E-state index is 0. The standard InChI is InChI=1S/C14H10N2O.C14H10N2.C7H8N2O.C7H6O.7C2H6.CH2O2.2CH4.H3N/c17-14-11-8-4-5-9-12(11)15-13(16-14)10-6-2-1-3-7-10;1-2-6-11(7-3-1)14-15-10-12-8-4-5-9-13(12)16-14;8-6-4-2-1-3-5(6)7(9)10;8-6-7-4-2-1-3-5-7;7*1-2;2-1-3;;;/h1-9H,(H,15,16,17);1-10H;1-4H,8H2,(H2,9,10);1-6H;7*1-2H3;1H,(H,2,3);2*1H4;1H3. The van der Waals surface area contributed by atoms with Crippen LogP contribution in [0, 0.1) is 0 Å². The summed E-state index contributed by atoms with van der Waals surface area (Å²) < 4.78 is 0. The van der Waals surface area contributed by atoms with E-state index in [0.717, 1.165) is 45.2 Å². The number of carbonyl (C=O) groups excluding carboxylic acids is 2. The van der Waals surface area contributed by atoms with E-state index in [1.165, 1.54) is 0 Å². The molecule has 0 unspecified atom stereocenters. The molecule has 8 aromatic rings. The van der Waals surface area contributed by atoms with Gasteiger partial charge in [0.2, 0.25) is 0 Å². The van der Waals surface area contributed by atoms with E-state index in [1.54, 1.807) is 42.5 Å². The van der Waals surface area contributed by atoms with Gasteiger partial charge in [0.15, 0.2) is 5.82 Å². The molecule has 0 saturated heterocycles. The quantitative estimate of drug-likeness (QED) is 0.0827. The molecule has 8 rings (SSSR count). The molecule has 6 aromatic carbocycles. The van der Waals surface area contributed by atoms with Gasteiger partial charge in [-0.1, -0.05) is 245 Å². The second kappa shape index (κ2) is 54.8. The largest absolute Gasteiger partial charge is 0.483 e. The number of hydrogen-bond acceptors (Lipinski definition) is 9. The summed E-state index contributed by atoms with van der Waals surface area (Å²) in [6.07, 6.45) is 2.70. The maximum Gasteiger partial charge on any atom is 0.290 e. The van der Waals surface area contributed by atoms with Gasteiger partial charge in [0.05, 0.1) is 22.0 Å². The van der Waals surface area contributed by atoms with Crippen molar-refractivity contribution in [1.29, 1.82) is 0 Å². The lowest BCUT2D eigenvalue weighted by atomic mass is 10.2. The minimum atomic E-state index is -0.488. The Labute approximate surface area is 427 Å². The number of nitrogen functional groups attached to an aromatic ring is 1. The third-order valence-corrected chi connectivity index (χ3v) is 7.34. The van der Waals surface area contributed by atoms with Crippen molar-refractivity contribution in [3.8, 4) is 22.8 Å². The van der Waals surface area contributed by atoms with Gasteiger partial charge >= 0.3 is 0 Å². The summed E-state index contributed by atoms with van der Waals surface area (Å²) in [5, 5.41) is 8.58. The number of rotatable bonds is 4. The second-order valence-electron chi connectivity index (χ2n) is 11.0. The zero-order chi connectivity index (χ0) is 52.5. The first-order chi connectivity index (χ1) is 33.3. The Kier molecular flexibility index (Phi) is 59.7. The molecule has 0 saturated carbocycles. The Morgan fingerprint density at radius 3 is 1.37 bits per heavy atom. The van der Waals surface area contributed by atoms with Crippen LogP contribution in [0.3, 0.4) is 0 Å². The molecule has 71 heavy (non-hydrogen) atoms. The molecule has 12 nitrogen and oxygen atoms in total. The minimum Gasteiger partial charge on any atom is -0.483 e. The molecule has 0 aliphatic rings. The number of amides is 1. The summed E-state index contributed by atoms with van der Waals surface area (Å²) >= 11 is 0. The van der Waals surface area contributed by atoms with Gasteiger partial charge < -0.3 is 27.7 Å². The molecule has 2 aromatic heterocycles. The number of anilines is 1. The normalized spacial score (nSPS) is 7.92. The lowest BCUT2D eigenvalue weighted by molar-refractivity contribution is -0.122. The molecule has 0 spiro atoms. The number of nitrogens with one attached hydrogen (secondary N) is 1. The smallest absolute Gasteiger partial charge is 0.290 e. The number of aromatic nitrogens is 4. The van der Waals surface area contributed by atoms with Gasteiger partial charge in [-0.15, -0.1) is 0 Å². The van der Waals surface area contributed by atoms with Crippen LogP contribution in [0.15, 0.2) is 175 Å². The van der Waals surface area contributed by atoms with Crippen LogP contribution >= 0.6 is 0 Å². The number of carbonyl (C=O) groups is 3. The van der Waals surface area contributed by atoms with Crippen molar-refractivity contribution in [1.82, 2.24) is 26.1 Å². The first kappa shape index (κ1) is 77.4. The highest BCUT2D eigenvalue weighted by molar-refractivity contribution is 5.97. The first-order valence-corrected chi connectivity index (χ1v) is 23.4. The maximum absolute atomic E-state index is 11.9. The van der Waals surface area contributed by atoms with Gasteiger partial charge in [0.1, 0.15) is 12.1 Å². The lowest BCUT2D eigenvalue weighted by Crippen LogP contribution is -2.12. The van der Waals surface area contributed by atoms with Crippen LogP contribution in [0.1, 0.15) is 133 Å². The fraction of sp³-hybridized carbons (Fsp3) is 0.271. The van der Waals surface area contributed by atoms with Crippen LogP contribution in [0.5, 0.6) is 0 Å². The van der Waals surface area contributed by atoms with E-state index >= 15 is 0 Å². The maximum atomic E-state index is 11.9. The zero-order valence-electron chi connectivity index (χ0n) is 43.6. The molecular formula is C59H89N7O5. The fourth-order valence-electron chi connectivity index (χ4n) is 4.77. The average molecular weight is 976 g/mol. The number of fused-ring (bicyclic) bond motifs is 2. The first-order valence-electron chi connectivity index (χ1n) is 23.4. The highest BCUT2D eigenvalue weighted by atomic mass is 16.3. The van der Waals surface area contributed by atoms with Crippen LogP contribution in [-0.4, -0.2) is 43.7 Å². The number of para-hydroxylation sites is 3. The summed E-state index contributed by atoms with van der Waals surface area (Å²) in [6.45, 7) is 27.8. The van der Waals surface area contributed by atoms with E-state index in [9.17, 15) is 14.4 Å². The number of hydrogen-bond donors (Lipinski definition) is 5. The van der Waals surface area contributed by atoms with Crippen molar-refractivity contribution in [2.45, 2.75) is 112 Å². The summed E-state index contributed by atoms with van der Waals surface area (Å²) in [6, 6.07) is 50.8. The van der Waals surface area contributed by atoms with Crippen molar-refractivity contribution in [3.05, 3.63) is 191 Å².